The number of rotatable bonds is 2. The maximum absolute atomic E-state index is 5.61. The van der Waals surface area contributed by atoms with E-state index in [-0.39, 0.29) is 0 Å². The van der Waals surface area contributed by atoms with Gasteiger partial charge in [-0.05, 0) is 18.7 Å². The van der Waals surface area contributed by atoms with Crippen molar-refractivity contribution in [2.45, 2.75) is 6.42 Å². The minimum Gasteiger partial charge on any atom is -0.354 e. The van der Waals surface area contributed by atoms with Crippen LogP contribution in [0.15, 0.2) is 36.5 Å². The second-order valence-corrected chi connectivity index (χ2v) is 3.89. The monoisotopic (exact) mass is 211 g/mol. The first-order valence-corrected chi connectivity index (χ1v) is 5.44. The third kappa shape index (κ3) is 1.29. The molecule has 0 radical (unpaired) electrons. The SMILES string of the molecule is NCCc1nccc2[nH]c3ccccc3c12. The van der Waals surface area contributed by atoms with Gasteiger partial charge >= 0.3 is 0 Å². The maximum atomic E-state index is 5.61. The first-order valence-electron chi connectivity index (χ1n) is 5.44. The van der Waals surface area contributed by atoms with Gasteiger partial charge in [0.25, 0.3) is 0 Å². The zero-order chi connectivity index (χ0) is 11.0. The highest BCUT2D eigenvalue weighted by Crippen LogP contribution is 2.26. The minimum atomic E-state index is 0.631. The molecule has 16 heavy (non-hydrogen) atoms. The second-order valence-electron chi connectivity index (χ2n) is 3.89. The topological polar surface area (TPSA) is 54.7 Å². The number of H-pyrrole nitrogens is 1. The molecule has 0 aliphatic carbocycles. The van der Waals surface area contributed by atoms with Gasteiger partial charge in [0.05, 0.1) is 5.69 Å². The summed E-state index contributed by atoms with van der Waals surface area (Å²) in [6, 6.07) is 10.3. The van der Waals surface area contributed by atoms with Gasteiger partial charge in [-0.15, -0.1) is 0 Å². The molecule has 0 bridgehead atoms. The van der Waals surface area contributed by atoms with E-state index in [1.54, 1.807) is 0 Å². The molecule has 3 rings (SSSR count). The van der Waals surface area contributed by atoms with Gasteiger partial charge in [0, 0.05) is 34.4 Å². The zero-order valence-corrected chi connectivity index (χ0v) is 8.90. The van der Waals surface area contributed by atoms with E-state index in [1.807, 2.05) is 18.3 Å². The molecule has 2 heterocycles. The number of pyridine rings is 1. The molecule has 2 aromatic heterocycles. The van der Waals surface area contributed by atoms with Crippen molar-refractivity contribution >= 4 is 21.8 Å². The second kappa shape index (κ2) is 3.61. The minimum absolute atomic E-state index is 0.631. The van der Waals surface area contributed by atoms with Crippen LogP contribution in [-0.4, -0.2) is 16.5 Å². The summed E-state index contributed by atoms with van der Waals surface area (Å²) < 4.78 is 0. The van der Waals surface area contributed by atoms with E-state index in [4.69, 9.17) is 5.73 Å². The van der Waals surface area contributed by atoms with E-state index in [0.717, 1.165) is 23.1 Å². The molecule has 0 amide bonds. The molecule has 1 aromatic carbocycles. The van der Waals surface area contributed by atoms with Crippen LogP contribution >= 0.6 is 0 Å². The Morgan fingerprint density at radius 1 is 1.12 bits per heavy atom. The molecular weight excluding hydrogens is 198 g/mol. The molecule has 3 N–H and O–H groups in total. The molecule has 0 aliphatic heterocycles. The van der Waals surface area contributed by atoms with E-state index in [2.05, 4.69) is 28.2 Å². The Morgan fingerprint density at radius 2 is 2.00 bits per heavy atom. The molecule has 0 fully saturated rings. The zero-order valence-electron chi connectivity index (χ0n) is 8.90. The first kappa shape index (κ1) is 9.36. The van der Waals surface area contributed by atoms with E-state index >= 15 is 0 Å². The third-order valence-electron chi connectivity index (χ3n) is 2.88. The first-order chi connectivity index (χ1) is 7.90. The number of nitrogens with zero attached hydrogens (tertiary/aromatic N) is 1. The van der Waals surface area contributed by atoms with Crippen molar-refractivity contribution in [3.05, 3.63) is 42.2 Å². The Hall–Kier alpha value is -1.87. The van der Waals surface area contributed by atoms with Gasteiger partial charge in [-0.2, -0.15) is 0 Å². The molecule has 0 spiro atoms. The summed E-state index contributed by atoms with van der Waals surface area (Å²) in [6.45, 7) is 0.631. The molecule has 0 saturated carbocycles. The Bertz CT molecular complexity index is 640. The van der Waals surface area contributed by atoms with E-state index in [0.29, 0.717) is 6.54 Å². The normalized spacial score (nSPS) is 11.3. The van der Waals surface area contributed by atoms with Gasteiger partial charge < -0.3 is 10.7 Å². The van der Waals surface area contributed by atoms with Gasteiger partial charge in [0.1, 0.15) is 0 Å². The average Bonchev–Trinajstić information content (AvgIpc) is 2.68. The molecule has 0 aliphatic rings. The standard InChI is InChI=1S/C13H13N3/c14-7-5-11-13-9-3-1-2-4-10(9)16-12(13)6-8-15-11/h1-4,6,8,16H,5,7,14H2. The Balaban J connectivity index is 2.43. The number of aromatic amines is 1. The lowest BCUT2D eigenvalue weighted by Crippen LogP contribution is -2.04. The summed E-state index contributed by atoms with van der Waals surface area (Å²) in [7, 11) is 0. The average molecular weight is 211 g/mol. The summed E-state index contributed by atoms with van der Waals surface area (Å²) in [5, 5.41) is 2.44. The Morgan fingerprint density at radius 3 is 2.88 bits per heavy atom. The van der Waals surface area contributed by atoms with Crippen LogP contribution in [0.3, 0.4) is 0 Å². The van der Waals surface area contributed by atoms with Crippen molar-refractivity contribution in [2.24, 2.45) is 5.73 Å². The van der Waals surface area contributed by atoms with Crippen LogP contribution in [0.1, 0.15) is 5.69 Å². The van der Waals surface area contributed by atoms with Crippen LogP contribution in [0.25, 0.3) is 21.8 Å². The molecule has 0 atom stereocenters. The van der Waals surface area contributed by atoms with E-state index < -0.39 is 0 Å². The maximum Gasteiger partial charge on any atom is 0.0516 e. The van der Waals surface area contributed by atoms with Crippen molar-refractivity contribution in [2.75, 3.05) is 6.54 Å². The number of hydrogen-bond acceptors (Lipinski definition) is 2. The lowest BCUT2D eigenvalue weighted by molar-refractivity contribution is 0.936. The van der Waals surface area contributed by atoms with E-state index in [1.165, 1.54) is 10.8 Å². The van der Waals surface area contributed by atoms with Crippen LogP contribution < -0.4 is 5.73 Å². The number of benzene rings is 1. The molecular formula is C13H13N3. The van der Waals surface area contributed by atoms with Gasteiger partial charge in [0.2, 0.25) is 0 Å². The quantitative estimate of drug-likeness (QED) is 0.682. The van der Waals surface area contributed by atoms with Crippen molar-refractivity contribution in [3.8, 4) is 0 Å². The summed E-state index contributed by atoms with van der Waals surface area (Å²) in [5.74, 6) is 0. The number of para-hydroxylation sites is 1. The number of hydrogen-bond donors (Lipinski definition) is 2. The van der Waals surface area contributed by atoms with Gasteiger partial charge in [-0.25, -0.2) is 0 Å². The van der Waals surface area contributed by atoms with Crippen LogP contribution in [0, 0.1) is 0 Å². The summed E-state index contributed by atoms with van der Waals surface area (Å²) in [4.78, 5) is 7.81. The lowest BCUT2D eigenvalue weighted by atomic mass is 10.1. The lowest BCUT2D eigenvalue weighted by Gasteiger charge is -2.00. The fourth-order valence-electron chi connectivity index (χ4n) is 2.19. The Labute approximate surface area is 93.3 Å². The Kier molecular flexibility index (Phi) is 2.11. The van der Waals surface area contributed by atoms with Crippen molar-refractivity contribution in [1.82, 2.24) is 9.97 Å². The molecule has 0 unspecified atom stereocenters. The number of aromatic nitrogens is 2. The number of nitrogens with two attached hydrogens (primary N) is 1. The highest BCUT2D eigenvalue weighted by molar-refractivity contribution is 6.08. The van der Waals surface area contributed by atoms with Crippen LogP contribution in [-0.2, 0) is 6.42 Å². The third-order valence-corrected chi connectivity index (χ3v) is 2.88. The highest BCUT2D eigenvalue weighted by atomic mass is 14.7. The molecule has 3 heteroatoms. The summed E-state index contributed by atoms with van der Waals surface area (Å²) in [6.07, 6.45) is 2.65. The predicted molar refractivity (Wildman–Crippen MR) is 66.4 cm³/mol. The largest absolute Gasteiger partial charge is 0.354 e. The van der Waals surface area contributed by atoms with Crippen molar-refractivity contribution < 1.29 is 0 Å². The molecule has 3 nitrogen and oxygen atoms in total. The highest BCUT2D eigenvalue weighted by Gasteiger charge is 2.08. The number of fused-ring (bicyclic) bond motifs is 3. The smallest absolute Gasteiger partial charge is 0.0516 e. The predicted octanol–water partition coefficient (Wildman–Crippen LogP) is 2.22. The number of nitrogens with one attached hydrogen (secondary N) is 1. The van der Waals surface area contributed by atoms with Crippen LogP contribution in [0.4, 0.5) is 0 Å². The summed E-state index contributed by atoms with van der Waals surface area (Å²) in [5.41, 5.74) is 8.99. The van der Waals surface area contributed by atoms with Crippen LogP contribution in [0.5, 0.6) is 0 Å². The fraction of sp³-hybridized carbons (Fsp3) is 0.154. The summed E-state index contributed by atoms with van der Waals surface area (Å²) >= 11 is 0. The fourth-order valence-corrected chi connectivity index (χ4v) is 2.19. The van der Waals surface area contributed by atoms with E-state index in [9.17, 15) is 0 Å². The van der Waals surface area contributed by atoms with Gasteiger partial charge in [-0.1, -0.05) is 18.2 Å². The molecule has 0 saturated heterocycles. The molecule has 3 aromatic rings. The van der Waals surface area contributed by atoms with Crippen molar-refractivity contribution in [3.63, 3.8) is 0 Å². The van der Waals surface area contributed by atoms with Gasteiger partial charge in [-0.3, -0.25) is 4.98 Å². The molecule has 80 valence electrons. The van der Waals surface area contributed by atoms with Gasteiger partial charge in [0.15, 0.2) is 0 Å². The van der Waals surface area contributed by atoms with Crippen LogP contribution in [0.2, 0.25) is 0 Å². The van der Waals surface area contributed by atoms with Crippen molar-refractivity contribution in [1.29, 1.82) is 0 Å².